The van der Waals surface area contributed by atoms with Crippen molar-refractivity contribution in [2.45, 2.75) is 31.8 Å². The third-order valence-corrected chi connectivity index (χ3v) is 3.95. The monoisotopic (exact) mass is 334 g/mol. The fourth-order valence-electron chi connectivity index (χ4n) is 1.94. The Morgan fingerprint density at radius 2 is 2.30 bits per heavy atom. The normalized spacial score (nSPS) is 11.5. The Morgan fingerprint density at radius 1 is 1.48 bits per heavy atom. The maximum Gasteiger partial charge on any atom is 0.234 e. The van der Waals surface area contributed by atoms with Crippen LogP contribution in [0.15, 0.2) is 39.7 Å². The molecule has 0 spiro atoms. The van der Waals surface area contributed by atoms with Crippen molar-refractivity contribution in [2.24, 2.45) is 0 Å². The van der Waals surface area contributed by atoms with Gasteiger partial charge in [0.15, 0.2) is 10.9 Å². The van der Waals surface area contributed by atoms with Gasteiger partial charge in [-0.3, -0.25) is 9.59 Å². The SMILES string of the molecule is C/C=C(\CCC)NC(=O)CSc1nnc(-c2ccco2)n1C=O. The molecule has 0 saturated carbocycles. The van der Waals surface area contributed by atoms with Gasteiger partial charge in [-0.2, -0.15) is 0 Å². The zero-order chi connectivity index (χ0) is 16.7. The van der Waals surface area contributed by atoms with Crippen LogP contribution in [0.1, 0.15) is 26.7 Å². The Hall–Kier alpha value is -2.35. The van der Waals surface area contributed by atoms with Gasteiger partial charge in [0.1, 0.15) is 0 Å². The van der Waals surface area contributed by atoms with Gasteiger partial charge in [-0.05, 0) is 25.5 Å². The van der Waals surface area contributed by atoms with Crippen LogP contribution in [0.5, 0.6) is 0 Å². The van der Waals surface area contributed by atoms with E-state index in [2.05, 4.69) is 15.5 Å². The Kier molecular flexibility index (Phi) is 6.16. The largest absolute Gasteiger partial charge is 0.461 e. The van der Waals surface area contributed by atoms with Crippen LogP contribution in [0.25, 0.3) is 11.6 Å². The molecule has 2 heterocycles. The molecule has 0 aliphatic carbocycles. The third kappa shape index (κ3) is 4.32. The Bertz CT molecular complexity index is 692. The highest BCUT2D eigenvalue weighted by atomic mass is 32.2. The van der Waals surface area contributed by atoms with Gasteiger partial charge in [-0.25, -0.2) is 4.57 Å². The van der Waals surface area contributed by atoms with Crippen LogP contribution in [-0.4, -0.2) is 32.8 Å². The van der Waals surface area contributed by atoms with Crippen LogP contribution in [0, 0.1) is 0 Å². The number of thioether (sulfide) groups is 1. The number of hydrogen-bond donors (Lipinski definition) is 1. The molecule has 7 nitrogen and oxygen atoms in total. The molecule has 23 heavy (non-hydrogen) atoms. The van der Waals surface area contributed by atoms with Crippen LogP contribution in [-0.2, 0) is 9.59 Å². The van der Waals surface area contributed by atoms with Crippen molar-refractivity contribution in [1.82, 2.24) is 20.1 Å². The number of nitrogens with zero attached hydrogens (tertiary/aromatic N) is 3. The summed E-state index contributed by atoms with van der Waals surface area (Å²) in [6, 6.07) is 3.39. The number of hydrogen-bond acceptors (Lipinski definition) is 6. The summed E-state index contributed by atoms with van der Waals surface area (Å²) < 4.78 is 6.48. The summed E-state index contributed by atoms with van der Waals surface area (Å²) >= 11 is 1.15. The van der Waals surface area contributed by atoms with E-state index in [0.29, 0.717) is 23.2 Å². The molecule has 0 aliphatic heterocycles. The molecule has 2 aromatic heterocycles. The first-order valence-electron chi connectivity index (χ1n) is 7.21. The highest BCUT2D eigenvalue weighted by Gasteiger charge is 2.17. The smallest absolute Gasteiger partial charge is 0.234 e. The van der Waals surface area contributed by atoms with Crippen LogP contribution >= 0.6 is 11.8 Å². The Morgan fingerprint density at radius 3 is 2.91 bits per heavy atom. The van der Waals surface area contributed by atoms with Crippen LogP contribution < -0.4 is 5.32 Å². The van der Waals surface area contributed by atoms with Crippen molar-refractivity contribution in [3.8, 4) is 11.6 Å². The molecule has 1 amide bonds. The molecule has 8 heteroatoms. The van der Waals surface area contributed by atoms with E-state index < -0.39 is 0 Å². The fourth-order valence-corrected chi connectivity index (χ4v) is 2.64. The van der Waals surface area contributed by atoms with Crippen molar-refractivity contribution in [2.75, 3.05) is 5.75 Å². The summed E-state index contributed by atoms with van der Waals surface area (Å²) in [5.41, 5.74) is 0.895. The van der Waals surface area contributed by atoms with Crippen LogP contribution in [0.4, 0.5) is 0 Å². The number of allylic oxidation sites excluding steroid dienone is 2. The van der Waals surface area contributed by atoms with Gasteiger partial charge in [-0.1, -0.05) is 31.2 Å². The lowest BCUT2D eigenvalue weighted by atomic mass is 10.2. The first-order chi connectivity index (χ1) is 11.2. The van der Waals surface area contributed by atoms with E-state index in [1.54, 1.807) is 12.1 Å². The zero-order valence-electron chi connectivity index (χ0n) is 13.0. The van der Waals surface area contributed by atoms with E-state index in [1.807, 2.05) is 19.9 Å². The molecule has 122 valence electrons. The summed E-state index contributed by atoms with van der Waals surface area (Å²) in [7, 11) is 0. The average Bonchev–Trinajstić information content (AvgIpc) is 3.20. The fraction of sp³-hybridized carbons (Fsp3) is 0.333. The number of furan rings is 1. The zero-order valence-corrected chi connectivity index (χ0v) is 13.8. The Labute approximate surface area is 138 Å². The quantitative estimate of drug-likeness (QED) is 0.589. The lowest BCUT2D eigenvalue weighted by Gasteiger charge is -2.07. The minimum Gasteiger partial charge on any atom is -0.461 e. The number of amides is 1. The molecular formula is C15H18N4O3S. The molecule has 0 radical (unpaired) electrons. The van der Waals surface area contributed by atoms with Crippen molar-refractivity contribution in [1.29, 1.82) is 0 Å². The highest BCUT2D eigenvalue weighted by molar-refractivity contribution is 7.99. The highest BCUT2D eigenvalue weighted by Crippen LogP contribution is 2.22. The predicted molar refractivity (Wildman–Crippen MR) is 87.4 cm³/mol. The summed E-state index contributed by atoms with van der Waals surface area (Å²) in [4.78, 5) is 23.2. The van der Waals surface area contributed by atoms with Crippen molar-refractivity contribution in [3.05, 3.63) is 30.2 Å². The van der Waals surface area contributed by atoms with Gasteiger partial charge in [-0.15, -0.1) is 10.2 Å². The minimum atomic E-state index is -0.142. The van der Waals surface area contributed by atoms with E-state index in [1.165, 1.54) is 10.8 Å². The Balaban J connectivity index is 2.01. The van der Waals surface area contributed by atoms with Gasteiger partial charge in [0.05, 0.1) is 12.0 Å². The number of carbonyl (C=O) groups excluding carboxylic acids is 2. The van der Waals surface area contributed by atoms with E-state index in [-0.39, 0.29) is 11.7 Å². The van der Waals surface area contributed by atoms with E-state index in [0.717, 1.165) is 30.3 Å². The van der Waals surface area contributed by atoms with Crippen molar-refractivity contribution in [3.63, 3.8) is 0 Å². The van der Waals surface area contributed by atoms with Crippen molar-refractivity contribution < 1.29 is 14.0 Å². The second kappa shape index (κ2) is 8.33. The van der Waals surface area contributed by atoms with Gasteiger partial charge >= 0.3 is 0 Å². The molecule has 0 bridgehead atoms. The first kappa shape index (κ1) is 17.0. The minimum absolute atomic E-state index is 0.142. The summed E-state index contributed by atoms with van der Waals surface area (Å²) in [6.07, 6.45) is 5.76. The standard InChI is InChI=1S/C15H18N4O3S/c1-3-6-11(4-2)16-13(21)9-23-15-18-17-14(19(15)10-20)12-7-5-8-22-12/h4-5,7-8,10H,3,6,9H2,1-2H3,(H,16,21)/b11-4+. The van der Waals surface area contributed by atoms with E-state index >= 15 is 0 Å². The van der Waals surface area contributed by atoms with E-state index in [4.69, 9.17) is 4.42 Å². The number of aromatic nitrogens is 3. The molecule has 0 aromatic carbocycles. The molecule has 0 atom stereocenters. The second-order valence-electron chi connectivity index (χ2n) is 4.66. The van der Waals surface area contributed by atoms with E-state index in [9.17, 15) is 9.59 Å². The second-order valence-corrected chi connectivity index (χ2v) is 5.60. The number of carbonyl (C=O) groups is 2. The molecule has 1 N–H and O–H groups in total. The first-order valence-corrected chi connectivity index (χ1v) is 8.20. The molecule has 2 rings (SSSR count). The molecule has 0 fully saturated rings. The topological polar surface area (TPSA) is 90.0 Å². The maximum absolute atomic E-state index is 12.0. The van der Waals surface area contributed by atoms with Gasteiger partial charge in [0.25, 0.3) is 0 Å². The molecule has 0 unspecified atom stereocenters. The van der Waals surface area contributed by atoms with Crippen LogP contribution in [0.3, 0.4) is 0 Å². The summed E-state index contributed by atoms with van der Waals surface area (Å²) in [5.74, 6) is 0.759. The predicted octanol–water partition coefficient (Wildman–Crippen LogP) is 2.49. The maximum atomic E-state index is 12.0. The number of rotatable bonds is 8. The van der Waals surface area contributed by atoms with Crippen LogP contribution in [0.2, 0.25) is 0 Å². The van der Waals surface area contributed by atoms with Gasteiger partial charge < -0.3 is 9.73 Å². The molecule has 0 aliphatic rings. The molecule has 2 aromatic rings. The lowest BCUT2D eigenvalue weighted by Crippen LogP contribution is -2.24. The summed E-state index contributed by atoms with van der Waals surface area (Å²) in [6.45, 7) is 3.93. The molecule has 0 saturated heterocycles. The summed E-state index contributed by atoms with van der Waals surface area (Å²) in [5, 5.41) is 11.1. The van der Waals surface area contributed by atoms with Crippen molar-refractivity contribution >= 4 is 24.1 Å². The van der Waals surface area contributed by atoms with Gasteiger partial charge in [0, 0.05) is 5.70 Å². The number of nitrogens with one attached hydrogen (secondary N) is 1. The molecular weight excluding hydrogens is 316 g/mol. The lowest BCUT2D eigenvalue weighted by molar-refractivity contribution is -0.117. The third-order valence-electron chi connectivity index (χ3n) is 3.01. The average molecular weight is 334 g/mol. The van der Waals surface area contributed by atoms with Gasteiger partial charge in [0.2, 0.25) is 18.1 Å².